The maximum Gasteiger partial charge on any atom is 0.264 e. The Kier molecular flexibility index (Phi) is 5.73. The first kappa shape index (κ1) is 20.7. The number of nitrogens with zero attached hydrogens (tertiary/aromatic N) is 1. The molecule has 6 nitrogen and oxygen atoms in total. The van der Waals surface area contributed by atoms with E-state index >= 15 is 0 Å². The van der Waals surface area contributed by atoms with Crippen molar-refractivity contribution in [3.05, 3.63) is 29.3 Å². The fourth-order valence-electron chi connectivity index (χ4n) is 3.12. The lowest BCUT2D eigenvalue weighted by Gasteiger charge is -2.51. The summed E-state index contributed by atoms with van der Waals surface area (Å²) in [4.78, 5) is 26.9. The lowest BCUT2D eigenvalue weighted by Crippen LogP contribution is -2.69. The molecule has 0 radical (unpaired) electrons. The molecule has 26 heavy (non-hydrogen) atoms. The molecule has 8 heteroatoms. The van der Waals surface area contributed by atoms with Crippen molar-refractivity contribution >= 4 is 33.4 Å². The van der Waals surface area contributed by atoms with Gasteiger partial charge in [0.05, 0.1) is 4.90 Å². The molecular formula is C18H25ClN2O4S. The molecule has 0 spiro atoms. The lowest BCUT2D eigenvalue weighted by molar-refractivity contribution is -0.163. The van der Waals surface area contributed by atoms with Crippen LogP contribution in [0.5, 0.6) is 0 Å². The van der Waals surface area contributed by atoms with E-state index in [0.29, 0.717) is 24.4 Å². The number of likely N-dealkylation sites (tertiary alicyclic amines) is 1. The standard InChI is InChI=1S/C18H25ClN2O4S/c1-5-10-17(2,3)16(23)21-12-11-18(21,4)15(22)20-26(24,25)14-8-6-13(19)7-9-14/h6-9H,5,10-12H2,1-4H3,(H,20,22). The number of carbonyl (C=O) groups excluding carboxylic acids is 2. The van der Waals surface area contributed by atoms with Crippen molar-refractivity contribution in [1.82, 2.24) is 9.62 Å². The van der Waals surface area contributed by atoms with Crippen molar-refractivity contribution in [3.63, 3.8) is 0 Å². The summed E-state index contributed by atoms with van der Waals surface area (Å²) in [6.07, 6.45) is 1.96. The molecular weight excluding hydrogens is 376 g/mol. The van der Waals surface area contributed by atoms with Crippen molar-refractivity contribution in [1.29, 1.82) is 0 Å². The highest BCUT2D eigenvalue weighted by molar-refractivity contribution is 7.90. The summed E-state index contributed by atoms with van der Waals surface area (Å²) in [5, 5.41) is 0.399. The summed E-state index contributed by atoms with van der Waals surface area (Å²) in [7, 11) is -4.03. The second kappa shape index (κ2) is 7.19. The van der Waals surface area contributed by atoms with Crippen LogP contribution in [0.3, 0.4) is 0 Å². The Labute approximate surface area is 160 Å². The number of rotatable bonds is 6. The number of hydrogen-bond donors (Lipinski definition) is 1. The van der Waals surface area contributed by atoms with E-state index in [1.807, 2.05) is 20.8 Å². The molecule has 1 saturated heterocycles. The third kappa shape index (κ3) is 3.88. The van der Waals surface area contributed by atoms with Gasteiger partial charge in [0.1, 0.15) is 5.54 Å². The first-order chi connectivity index (χ1) is 11.9. The minimum Gasteiger partial charge on any atom is -0.328 e. The normalized spacial score (nSPS) is 20.4. The van der Waals surface area contributed by atoms with E-state index in [-0.39, 0.29) is 10.8 Å². The number of nitrogens with one attached hydrogen (secondary N) is 1. The molecule has 2 rings (SSSR count). The van der Waals surface area contributed by atoms with Crippen molar-refractivity contribution < 1.29 is 18.0 Å². The average Bonchev–Trinajstić information content (AvgIpc) is 2.52. The van der Waals surface area contributed by atoms with E-state index in [9.17, 15) is 18.0 Å². The van der Waals surface area contributed by atoms with Crippen LogP contribution in [0.25, 0.3) is 0 Å². The third-order valence-corrected chi connectivity index (χ3v) is 6.56. The highest BCUT2D eigenvalue weighted by atomic mass is 35.5. The number of halogens is 1. The Hall–Kier alpha value is -1.60. The summed E-state index contributed by atoms with van der Waals surface area (Å²) < 4.78 is 27.0. The molecule has 1 aromatic carbocycles. The molecule has 0 aliphatic carbocycles. The van der Waals surface area contributed by atoms with E-state index in [4.69, 9.17) is 11.6 Å². The molecule has 0 bridgehead atoms. The topological polar surface area (TPSA) is 83.6 Å². The lowest BCUT2D eigenvalue weighted by atomic mass is 9.79. The zero-order valence-electron chi connectivity index (χ0n) is 15.5. The summed E-state index contributed by atoms with van der Waals surface area (Å²) in [6, 6.07) is 5.53. The molecule has 1 heterocycles. The smallest absolute Gasteiger partial charge is 0.264 e. The van der Waals surface area contributed by atoms with Gasteiger partial charge in [-0.05, 0) is 44.0 Å². The van der Waals surface area contributed by atoms with Gasteiger partial charge < -0.3 is 4.90 Å². The maximum atomic E-state index is 12.8. The first-order valence-electron chi connectivity index (χ1n) is 8.59. The molecule has 1 aliphatic heterocycles. The largest absolute Gasteiger partial charge is 0.328 e. The molecule has 1 atom stereocenters. The zero-order valence-corrected chi connectivity index (χ0v) is 17.1. The quantitative estimate of drug-likeness (QED) is 0.795. The van der Waals surface area contributed by atoms with Gasteiger partial charge in [-0.25, -0.2) is 13.1 Å². The molecule has 0 saturated carbocycles. The number of amides is 2. The van der Waals surface area contributed by atoms with Crippen LogP contribution in [0.15, 0.2) is 29.2 Å². The van der Waals surface area contributed by atoms with Crippen LogP contribution in [0.1, 0.15) is 47.0 Å². The molecule has 144 valence electrons. The highest BCUT2D eigenvalue weighted by Gasteiger charge is 2.52. The van der Waals surface area contributed by atoms with Crippen molar-refractivity contribution in [3.8, 4) is 0 Å². The van der Waals surface area contributed by atoms with Crippen LogP contribution in [0, 0.1) is 5.41 Å². The molecule has 1 N–H and O–H groups in total. The number of benzene rings is 1. The number of carbonyl (C=O) groups is 2. The Morgan fingerprint density at radius 1 is 1.27 bits per heavy atom. The average molecular weight is 401 g/mol. The molecule has 1 fully saturated rings. The summed E-state index contributed by atoms with van der Waals surface area (Å²) in [6.45, 7) is 7.73. The van der Waals surface area contributed by atoms with Gasteiger partial charge in [-0.15, -0.1) is 0 Å². The van der Waals surface area contributed by atoms with Gasteiger partial charge in [-0.1, -0.05) is 38.8 Å². The Morgan fingerprint density at radius 2 is 1.85 bits per heavy atom. The Balaban J connectivity index is 2.18. The van der Waals surface area contributed by atoms with Crippen LogP contribution in [0.4, 0.5) is 0 Å². The summed E-state index contributed by atoms with van der Waals surface area (Å²) in [5.41, 5.74) is -1.76. The minimum absolute atomic E-state index is 0.0534. The van der Waals surface area contributed by atoms with Gasteiger partial charge in [0.2, 0.25) is 5.91 Å². The summed E-state index contributed by atoms with van der Waals surface area (Å²) >= 11 is 5.77. The first-order valence-corrected chi connectivity index (χ1v) is 10.4. The highest BCUT2D eigenvalue weighted by Crippen LogP contribution is 2.37. The van der Waals surface area contributed by atoms with Gasteiger partial charge in [0, 0.05) is 17.0 Å². The molecule has 1 aliphatic rings. The molecule has 0 aromatic heterocycles. The van der Waals surface area contributed by atoms with E-state index in [1.165, 1.54) is 29.2 Å². The van der Waals surface area contributed by atoms with Crippen LogP contribution < -0.4 is 4.72 Å². The fourth-order valence-corrected chi connectivity index (χ4v) is 4.32. The number of sulfonamides is 1. The maximum absolute atomic E-state index is 12.8. The van der Waals surface area contributed by atoms with Crippen molar-refractivity contribution in [2.75, 3.05) is 6.54 Å². The second-order valence-electron chi connectivity index (χ2n) is 7.50. The van der Waals surface area contributed by atoms with E-state index in [2.05, 4.69) is 4.72 Å². The van der Waals surface area contributed by atoms with Crippen LogP contribution in [0.2, 0.25) is 5.02 Å². The van der Waals surface area contributed by atoms with Gasteiger partial charge >= 0.3 is 0 Å². The van der Waals surface area contributed by atoms with Crippen molar-refractivity contribution in [2.24, 2.45) is 5.41 Å². The van der Waals surface area contributed by atoms with E-state index < -0.39 is 26.9 Å². The fraction of sp³-hybridized carbons (Fsp3) is 0.556. The van der Waals surface area contributed by atoms with Crippen LogP contribution >= 0.6 is 11.6 Å². The Bertz CT molecular complexity index is 805. The van der Waals surface area contributed by atoms with Gasteiger partial charge in [0.25, 0.3) is 15.9 Å². The van der Waals surface area contributed by atoms with E-state index in [1.54, 1.807) is 6.92 Å². The number of hydrogen-bond acceptors (Lipinski definition) is 4. The monoisotopic (exact) mass is 400 g/mol. The van der Waals surface area contributed by atoms with Gasteiger partial charge in [-0.3, -0.25) is 9.59 Å². The van der Waals surface area contributed by atoms with Crippen LogP contribution in [-0.4, -0.2) is 37.2 Å². The summed E-state index contributed by atoms with van der Waals surface area (Å²) in [5.74, 6) is -0.827. The minimum atomic E-state index is -4.03. The second-order valence-corrected chi connectivity index (χ2v) is 9.62. The SMILES string of the molecule is CCCC(C)(C)C(=O)N1CCC1(C)C(=O)NS(=O)(=O)c1ccc(Cl)cc1. The zero-order chi connectivity index (χ0) is 19.8. The predicted octanol–water partition coefficient (Wildman–Crippen LogP) is 2.96. The van der Waals surface area contributed by atoms with E-state index in [0.717, 1.165) is 6.42 Å². The van der Waals surface area contributed by atoms with Gasteiger partial charge in [0.15, 0.2) is 0 Å². The molecule has 1 aromatic rings. The van der Waals surface area contributed by atoms with Crippen LogP contribution in [-0.2, 0) is 19.6 Å². The predicted molar refractivity (Wildman–Crippen MR) is 100 cm³/mol. The Morgan fingerprint density at radius 3 is 2.31 bits per heavy atom. The third-order valence-electron chi connectivity index (χ3n) is 4.96. The molecule has 1 unspecified atom stereocenters. The van der Waals surface area contributed by atoms with Crippen molar-refractivity contribution in [2.45, 2.75) is 57.4 Å². The molecule has 2 amide bonds. The van der Waals surface area contributed by atoms with Gasteiger partial charge in [-0.2, -0.15) is 0 Å².